The molecule has 5 heteroatoms. The van der Waals surface area contributed by atoms with Crippen LogP contribution in [0.4, 0.5) is 11.4 Å². The van der Waals surface area contributed by atoms with Crippen LogP contribution in [0.25, 0.3) is 6.08 Å². The Morgan fingerprint density at radius 3 is 2.54 bits per heavy atom. The molecule has 0 heterocycles. The highest BCUT2D eigenvalue weighted by Gasteiger charge is 2.07. The van der Waals surface area contributed by atoms with Crippen molar-refractivity contribution < 1.29 is 9.59 Å². The third-order valence-electron chi connectivity index (χ3n) is 3.21. The highest BCUT2D eigenvalue weighted by Crippen LogP contribution is 2.25. The van der Waals surface area contributed by atoms with Gasteiger partial charge in [-0.2, -0.15) is 0 Å². The van der Waals surface area contributed by atoms with Crippen LogP contribution in [0.2, 0.25) is 5.02 Å². The van der Waals surface area contributed by atoms with Crippen LogP contribution in [-0.2, 0) is 9.59 Å². The molecule has 0 bridgehead atoms. The number of amides is 2. The van der Waals surface area contributed by atoms with Gasteiger partial charge in [-0.15, -0.1) is 0 Å². The number of rotatable bonds is 6. The van der Waals surface area contributed by atoms with E-state index < -0.39 is 0 Å². The predicted molar refractivity (Wildman–Crippen MR) is 99.1 cm³/mol. The number of nitrogens with one attached hydrogen (secondary N) is 2. The molecule has 0 spiro atoms. The Kier molecular flexibility index (Phi) is 6.58. The molecule has 4 nitrogen and oxygen atoms in total. The molecular weight excluding hydrogens is 324 g/mol. The summed E-state index contributed by atoms with van der Waals surface area (Å²) < 4.78 is 0. The number of halogens is 1. The van der Waals surface area contributed by atoms with E-state index in [2.05, 4.69) is 10.6 Å². The fraction of sp³-hybridized carbons (Fsp3) is 0.158. The number of benzene rings is 2. The van der Waals surface area contributed by atoms with Gasteiger partial charge in [-0.25, -0.2) is 0 Å². The van der Waals surface area contributed by atoms with Crippen LogP contribution < -0.4 is 10.6 Å². The summed E-state index contributed by atoms with van der Waals surface area (Å²) in [4.78, 5) is 23.7. The summed E-state index contributed by atoms with van der Waals surface area (Å²) in [6.45, 7) is 1.94. The summed E-state index contributed by atoms with van der Waals surface area (Å²) in [6, 6.07) is 14.5. The van der Waals surface area contributed by atoms with E-state index in [0.29, 0.717) is 22.8 Å². The summed E-state index contributed by atoms with van der Waals surface area (Å²) in [5, 5.41) is 5.90. The first-order valence-corrected chi connectivity index (χ1v) is 8.10. The van der Waals surface area contributed by atoms with Gasteiger partial charge < -0.3 is 10.6 Å². The van der Waals surface area contributed by atoms with Crippen molar-refractivity contribution in [3.63, 3.8) is 0 Å². The third kappa shape index (κ3) is 5.56. The molecule has 0 aromatic heterocycles. The van der Waals surface area contributed by atoms with Crippen LogP contribution in [0.5, 0.6) is 0 Å². The molecule has 0 aliphatic rings. The van der Waals surface area contributed by atoms with Gasteiger partial charge in [0.1, 0.15) is 0 Å². The number of hydrogen-bond acceptors (Lipinski definition) is 2. The van der Waals surface area contributed by atoms with Crippen molar-refractivity contribution in [2.24, 2.45) is 0 Å². The fourth-order valence-corrected chi connectivity index (χ4v) is 2.22. The van der Waals surface area contributed by atoms with Crippen LogP contribution in [0.15, 0.2) is 54.6 Å². The molecule has 2 N–H and O–H groups in total. The lowest BCUT2D eigenvalue weighted by atomic mass is 10.2. The maximum absolute atomic E-state index is 12.0. The molecule has 124 valence electrons. The average molecular weight is 343 g/mol. The van der Waals surface area contributed by atoms with Crippen LogP contribution in [0.3, 0.4) is 0 Å². The second-order valence-corrected chi connectivity index (χ2v) is 5.63. The summed E-state index contributed by atoms with van der Waals surface area (Å²) in [5.74, 6) is -0.362. The maximum Gasteiger partial charge on any atom is 0.248 e. The van der Waals surface area contributed by atoms with Gasteiger partial charge in [0.2, 0.25) is 11.8 Å². The van der Waals surface area contributed by atoms with E-state index in [9.17, 15) is 9.59 Å². The number of carbonyl (C=O) groups excluding carboxylic acids is 2. The molecule has 0 aliphatic heterocycles. The summed E-state index contributed by atoms with van der Waals surface area (Å²) >= 11 is 6.10. The Morgan fingerprint density at radius 2 is 1.83 bits per heavy atom. The molecule has 0 atom stereocenters. The molecule has 2 aromatic carbocycles. The van der Waals surface area contributed by atoms with E-state index in [1.54, 1.807) is 24.3 Å². The molecule has 2 amide bonds. The minimum absolute atomic E-state index is 0.0685. The van der Waals surface area contributed by atoms with Crippen LogP contribution in [-0.4, -0.2) is 11.8 Å². The van der Waals surface area contributed by atoms with E-state index in [1.807, 2.05) is 37.3 Å². The standard InChI is InChI=1S/C19H19ClN2O2/c1-2-6-18(23)21-15-10-11-16(20)17(13-15)22-19(24)12-9-14-7-4-3-5-8-14/h3-5,7-13H,2,6H2,1H3,(H,21,23)(H,22,24)/b12-9+. The molecule has 0 radical (unpaired) electrons. The van der Waals surface area contributed by atoms with E-state index >= 15 is 0 Å². The zero-order chi connectivity index (χ0) is 17.4. The van der Waals surface area contributed by atoms with E-state index in [-0.39, 0.29) is 11.8 Å². The van der Waals surface area contributed by atoms with Crippen molar-refractivity contribution in [2.75, 3.05) is 10.6 Å². The van der Waals surface area contributed by atoms with Gasteiger partial charge in [0.15, 0.2) is 0 Å². The minimum Gasteiger partial charge on any atom is -0.326 e. The molecule has 0 saturated carbocycles. The lowest BCUT2D eigenvalue weighted by Gasteiger charge is -2.09. The smallest absolute Gasteiger partial charge is 0.248 e. The second-order valence-electron chi connectivity index (χ2n) is 5.23. The molecule has 0 aliphatic carbocycles. The van der Waals surface area contributed by atoms with Gasteiger partial charge in [0.05, 0.1) is 10.7 Å². The lowest BCUT2D eigenvalue weighted by Crippen LogP contribution is -2.12. The lowest BCUT2D eigenvalue weighted by molar-refractivity contribution is -0.116. The van der Waals surface area contributed by atoms with Gasteiger partial charge in [-0.3, -0.25) is 9.59 Å². The Balaban J connectivity index is 2.04. The van der Waals surface area contributed by atoms with Crippen molar-refractivity contribution in [3.8, 4) is 0 Å². The molecule has 2 rings (SSSR count). The predicted octanol–water partition coefficient (Wildman–Crippen LogP) is 4.73. The Hall–Kier alpha value is -2.59. The van der Waals surface area contributed by atoms with Gasteiger partial charge in [0.25, 0.3) is 0 Å². The second kappa shape index (κ2) is 8.89. The van der Waals surface area contributed by atoms with Gasteiger partial charge in [-0.05, 0) is 36.3 Å². The average Bonchev–Trinajstić information content (AvgIpc) is 2.57. The summed E-state index contributed by atoms with van der Waals surface area (Å²) in [5.41, 5.74) is 1.98. The zero-order valence-corrected chi connectivity index (χ0v) is 14.1. The van der Waals surface area contributed by atoms with Crippen LogP contribution >= 0.6 is 11.6 Å². The molecule has 0 unspecified atom stereocenters. The highest BCUT2D eigenvalue weighted by atomic mass is 35.5. The first kappa shape index (κ1) is 17.8. The van der Waals surface area contributed by atoms with Crippen molar-refractivity contribution >= 4 is 40.9 Å². The third-order valence-corrected chi connectivity index (χ3v) is 3.54. The Labute approximate surface area is 146 Å². The molecule has 0 fully saturated rings. The summed E-state index contributed by atoms with van der Waals surface area (Å²) in [6.07, 6.45) is 4.38. The van der Waals surface area contributed by atoms with Gasteiger partial charge in [-0.1, -0.05) is 48.9 Å². The monoisotopic (exact) mass is 342 g/mol. The van der Waals surface area contributed by atoms with Crippen LogP contribution in [0.1, 0.15) is 25.3 Å². The molecule has 2 aromatic rings. The topological polar surface area (TPSA) is 58.2 Å². The van der Waals surface area contributed by atoms with Gasteiger partial charge in [0, 0.05) is 18.2 Å². The molecule has 24 heavy (non-hydrogen) atoms. The summed E-state index contributed by atoms with van der Waals surface area (Å²) in [7, 11) is 0. The first-order chi connectivity index (χ1) is 11.6. The van der Waals surface area contributed by atoms with Crippen molar-refractivity contribution in [1.82, 2.24) is 0 Å². The fourth-order valence-electron chi connectivity index (χ4n) is 2.06. The normalized spacial score (nSPS) is 10.6. The van der Waals surface area contributed by atoms with Crippen molar-refractivity contribution in [1.29, 1.82) is 0 Å². The quantitative estimate of drug-likeness (QED) is 0.745. The SMILES string of the molecule is CCCC(=O)Nc1ccc(Cl)c(NC(=O)/C=C/c2ccccc2)c1. The van der Waals surface area contributed by atoms with Crippen LogP contribution in [0, 0.1) is 0 Å². The Bertz CT molecular complexity index is 742. The van der Waals surface area contributed by atoms with E-state index in [0.717, 1.165) is 12.0 Å². The largest absolute Gasteiger partial charge is 0.326 e. The van der Waals surface area contributed by atoms with E-state index in [4.69, 9.17) is 11.6 Å². The Morgan fingerprint density at radius 1 is 1.08 bits per heavy atom. The molecular formula is C19H19ClN2O2. The number of anilines is 2. The number of hydrogen-bond donors (Lipinski definition) is 2. The maximum atomic E-state index is 12.0. The first-order valence-electron chi connectivity index (χ1n) is 7.72. The van der Waals surface area contributed by atoms with Crippen molar-refractivity contribution in [3.05, 3.63) is 65.2 Å². The van der Waals surface area contributed by atoms with Crippen molar-refractivity contribution in [2.45, 2.75) is 19.8 Å². The van der Waals surface area contributed by atoms with E-state index in [1.165, 1.54) is 6.08 Å². The van der Waals surface area contributed by atoms with Gasteiger partial charge >= 0.3 is 0 Å². The number of carbonyl (C=O) groups is 2. The highest BCUT2D eigenvalue weighted by molar-refractivity contribution is 6.34. The molecule has 0 saturated heterocycles. The minimum atomic E-state index is -0.294. The zero-order valence-electron chi connectivity index (χ0n) is 13.4.